The average molecular weight is 239 g/mol. The van der Waals surface area contributed by atoms with Crippen molar-refractivity contribution in [3.8, 4) is 11.8 Å². The van der Waals surface area contributed by atoms with E-state index < -0.39 is 11.9 Å². The van der Waals surface area contributed by atoms with Gasteiger partial charge in [0.15, 0.2) is 0 Å². The van der Waals surface area contributed by atoms with Crippen LogP contribution in [0.25, 0.3) is 0 Å². The van der Waals surface area contributed by atoms with Crippen LogP contribution in [0.1, 0.15) is 15.9 Å². The Morgan fingerprint density at radius 2 is 2.25 bits per heavy atom. The Morgan fingerprint density at radius 3 is 2.81 bits per heavy atom. The summed E-state index contributed by atoms with van der Waals surface area (Å²) in [4.78, 5) is 25.4. The summed E-state index contributed by atoms with van der Waals surface area (Å²) in [5.41, 5.74) is 5.28. The van der Waals surface area contributed by atoms with E-state index in [0.717, 1.165) is 0 Å². The van der Waals surface area contributed by atoms with Gasteiger partial charge in [0.1, 0.15) is 5.15 Å². The van der Waals surface area contributed by atoms with Crippen molar-refractivity contribution in [1.82, 2.24) is 4.98 Å². The minimum Gasteiger partial charge on any atom is -0.465 e. The first-order valence-corrected chi connectivity index (χ1v) is 4.47. The number of carbonyl (C=O) groups excluding carboxylic acids is 2. The highest BCUT2D eigenvalue weighted by atomic mass is 35.5. The van der Waals surface area contributed by atoms with Crippen molar-refractivity contribution in [2.75, 3.05) is 7.11 Å². The fourth-order valence-corrected chi connectivity index (χ4v) is 1.04. The average Bonchev–Trinajstić information content (AvgIpc) is 2.26. The summed E-state index contributed by atoms with van der Waals surface area (Å²) in [6, 6.07) is 1.37. The number of amides is 1. The lowest BCUT2D eigenvalue weighted by atomic mass is 10.2. The monoisotopic (exact) mass is 238 g/mol. The highest BCUT2D eigenvalue weighted by Crippen LogP contribution is 2.13. The highest BCUT2D eigenvalue weighted by molar-refractivity contribution is 6.30. The number of pyridine rings is 1. The molecule has 0 aliphatic heterocycles. The minimum atomic E-state index is -0.792. The predicted octanol–water partition coefficient (Wildman–Crippen LogP) is 0.358. The topological polar surface area (TPSA) is 82.3 Å². The van der Waals surface area contributed by atoms with Crippen molar-refractivity contribution < 1.29 is 14.3 Å². The van der Waals surface area contributed by atoms with Crippen LogP contribution in [0.5, 0.6) is 0 Å². The third-order valence-electron chi connectivity index (χ3n) is 1.58. The van der Waals surface area contributed by atoms with E-state index in [1.165, 1.54) is 19.4 Å². The van der Waals surface area contributed by atoms with Crippen LogP contribution < -0.4 is 5.73 Å². The normalized spacial score (nSPS) is 8.88. The van der Waals surface area contributed by atoms with Crippen LogP contribution in [0.3, 0.4) is 0 Å². The zero-order valence-electron chi connectivity index (χ0n) is 8.28. The number of nitrogens with two attached hydrogens (primary N) is 1. The number of hydrogen-bond donors (Lipinski definition) is 1. The molecule has 0 unspecified atom stereocenters. The summed E-state index contributed by atoms with van der Waals surface area (Å²) in [7, 11) is 1.24. The second kappa shape index (κ2) is 5.14. The Kier molecular flexibility index (Phi) is 3.86. The van der Waals surface area contributed by atoms with Gasteiger partial charge in [0, 0.05) is 12.1 Å². The fourth-order valence-electron chi connectivity index (χ4n) is 0.894. The third-order valence-corrected chi connectivity index (χ3v) is 1.88. The van der Waals surface area contributed by atoms with Gasteiger partial charge < -0.3 is 10.5 Å². The molecule has 0 bridgehead atoms. The number of esters is 1. The minimum absolute atomic E-state index is 0.0846. The first-order chi connectivity index (χ1) is 7.54. The van der Waals surface area contributed by atoms with E-state index in [4.69, 9.17) is 17.3 Å². The predicted molar refractivity (Wildman–Crippen MR) is 56.7 cm³/mol. The molecule has 0 aromatic carbocycles. The Hall–Kier alpha value is -2.06. The van der Waals surface area contributed by atoms with E-state index in [1.807, 2.05) is 0 Å². The van der Waals surface area contributed by atoms with Gasteiger partial charge in [0.05, 0.1) is 18.2 Å². The summed E-state index contributed by atoms with van der Waals surface area (Å²) in [5.74, 6) is 3.15. The molecule has 2 N–H and O–H groups in total. The van der Waals surface area contributed by atoms with Gasteiger partial charge in [-0.3, -0.25) is 4.79 Å². The molecule has 0 saturated heterocycles. The molecule has 0 aliphatic carbocycles. The van der Waals surface area contributed by atoms with E-state index in [1.54, 1.807) is 0 Å². The van der Waals surface area contributed by atoms with Crippen molar-refractivity contribution in [2.45, 2.75) is 0 Å². The van der Waals surface area contributed by atoms with Gasteiger partial charge in [-0.1, -0.05) is 17.5 Å². The number of halogens is 1. The SMILES string of the molecule is COC(=O)c1cnc(Cl)c(C#CC(N)=O)c1. The number of rotatable bonds is 1. The molecular formula is C10H7ClN2O3. The molecule has 0 saturated carbocycles. The van der Waals surface area contributed by atoms with Gasteiger partial charge >= 0.3 is 5.97 Å². The first-order valence-electron chi connectivity index (χ1n) is 4.10. The largest absolute Gasteiger partial charge is 0.465 e. The van der Waals surface area contributed by atoms with Gasteiger partial charge in [-0.15, -0.1) is 0 Å². The molecule has 16 heavy (non-hydrogen) atoms. The molecule has 5 nitrogen and oxygen atoms in total. The van der Waals surface area contributed by atoms with E-state index in [2.05, 4.69) is 21.6 Å². The Balaban J connectivity index is 3.15. The molecule has 0 spiro atoms. The summed E-state index contributed by atoms with van der Waals surface area (Å²) in [6.07, 6.45) is 1.25. The van der Waals surface area contributed by atoms with Crippen molar-refractivity contribution >= 4 is 23.5 Å². The van der Waals surface area contributed by atoms with E-state index >= 15 is 0 Å². The Morgan fingerprint density at radius 1 is 1.56 bits per heavy atom. The zero-order chi connectivity index (χ0) is 12.1. The lowest BCUT2D eigenvalue weighted by Gasteiger charge is -2.00. The Labute approximate surface area is 96.6 Å². The Bertz CT molecular complexity index is 503. The highest BCUT2D eigenvalue weighted by Gasteiger charge is 2.08. The summed E-state index contributed by atoms with van der Waals surface area (Å²) < 4.78 is 4.49. The second-order valence-corrected chi connectivity index (χ2v) is 3.03. The molecule has 1 rings (SSSR count). The van der Waals surface area contributed by atoms with Crippen molar-refractivity contribution in [3.63, 3.8) is 0 Å². The number of carbonyl (C=O) groups is 2. The zero-order valence-corrected chi connectivity index (χ0v) is 9.04. The van der Waals surface area contributed by atoms with Crippen LogP contribution in [-0.2, 0) is 9.53 Å². The van der Waals surface area contributed by atoms with Crippen LogP contribution in [0, 0.1) is 11.8 Å². The summed E-state index contributed by atoms with van der Waals surface area (Å²) in [6.45, 7) is 0. The van der Waals surface area contributed by atoms with Crippen LogP contribution in [-0.4, -0.2) is 24.0 Å². The van der Waals surface area contributed by atoms with Gasteiger partial charge in [0.2, 0.25) is 0 Å². The molecule has 0 aliphatic rings. The molecule has 1 amide bonds. The van der Waals surface area contributed by atoms with Crippen molar-refractivity contribution in [1.29, 1.82) is 0 Å². The molecule has 1 heterocycles. The summed E-state index contributed by atoms with van der Waals surface area (Å²) in [5, 5.41) is 0.0846. The molecule has 82 valence electrons. The van der Waals surface area contributed by atoms with Crippen LogP contribution in [0.15, 0.2) is 12.3 Å². The van der Waals surface area contributed by atoms with E-state index in [-0.39, 0.29) is 16.3 Å². The standard InChI is InChI=1S/C10H7ClN2O3/c1-16-10(15)7-4-6(2-3-8(12)14)9(11)13-5-7/h4-5H,1H3,(H2,12,14). The third kappa shape index (κ3) is 2.97. The molecular weight excluding hydrogens is 232 g/mol. The van der Waals surface area contributed by atoms with Gasteiger partial charge in [0.25, 0.3) is 5.91 Å². The van der Waals surface area contributed by atoms with Crippen LogP contribution in [0.4, 0.5) is 0 Å². The number of primary amides is 1. The van der Waals surface area contributed by atoms with Gasteiger partial charge in [-0.05, 0) is 6.07 Å². The molecule has 6 heteroatoms. The molecule has 0 radical (unpaired) electrons. The van der Waals surface area contributed by atoms with Crippen molar-refractivity contribution in [2.24, 2.45) is 5.73 Å². The smallest absolute Gasteiger partial charge is 0.339 e. The molecule has 1 aromatic rings. The molecule has 0 atom stereocenters. The second-order valence-electron chi connectivity index (χ2n) is 2.67. The van der Waals surface area contributed by atoms with Gasteiger partial charge in [-0.2, -0.15) is 0 Å². The molecule has 0 fully saturated rings. The van der Waals surface area contributed by atoms with Crippen LogP contribution >= 0.6 is 11.6 Å². The molecule has 1 aromatic heterocycles. The van der Waals surface area contributed by atoms with Crippen molar-refractivity contribution in [3.05, 3.63) is 28.5 Å². The quantitative estimate of drug-likeness (QED) is 0.435. The number of ether oxygens (including phenoxy) is 1. The lowest BCUT2D eigenvalue weighted by molar-refractivity contribution is -0.112. The number of methoxy groups -OCH3 is 1. The van der Waals surface area contributed by atoms with Gasteiger partial charge in [-0.25, -0.2) is 9.78 Å². The fraction of sp³-hybridized carbons (Fsp3) is 0.100. The lowest BCUT2D eigenvalue weighted by Crippen LogP contribution is -2.06. The maximum atomic E-state index is 11.2. The first kappa shape index (κ1) is 12.0. The number of nitrogens with zero attached hydrogens (tertiary/aromatic N) is 1. The number of hydrogen-bond acceptors (Lipinski definition) is 4. The maximum absolute atomic E-state index is 11.2. The van der Waals surface area contributed by atoms with Crippen LogP contribution in [0.2, 0.25) is 5.15 Å². The maximum Gasteiger partial charge on any atom is 0.339 e. The number of aromatic nitrogens is 1. The van der Waals surface area contributed by atoms with E-state index in [9.17, 15) is 9.59 Å². The summed E-state index contributed by atoms with van der Waals surface area (Å²) >= 11 is 5.71. The van der Waals surface area contributed by atoms with E-state index in [0.29, 0.717) is 0 Å².